The maximum atomic E-state index is 5.18. The summed E-state index contributed by atoms with van der Waals surface area (Å²) >= 11 is 1.86. The fourth-order valence-electron chi connectivity index (χ4n) is 2.40. The van der Waals surface area contributed by atoms with Crippen LogP contribution < -0.4 is 15.4 Å². The van der Waals surface area contributed by atoms with Crippen molar-refractivity contribution in [1.82, 2.24) is 10.6 Å². The van der Waals surface area contributed by atoms with Crippen molar-refractivity contribution in [3.05, 3.63) is 51.7 Å². The van der Waals surface area contributed by atoms with Gasteiger partial charge in [-0.1, -0.05) is 12.1 Å². The lowest BCUT2D eigenvalue weighted by atomic mass is 10.2. The molecule has 0 aliphatic carbocycles. The van der Waals surface area contributed by atoms with Crippen LogP contribution in [-0.4, -0.2) is 25.7 Å². The first-order valence-corrected chi connectivity index (χ1v) is 9.15. The van der Waals surface area contributed by atoms with Crippen LogP contribution in [0.15, 0.2) is 41.4 Å². The van der Waals surface area contributed by atoms with Crippen molar-refractivity contribution >= 4 is 17.3 Å². The normalized spacial score (nSPS) is 12.8. The highest BCUT2D eigenvalue weighted by Gasteiger charge is 2.07. The van der Waals surface area contributed by atoms with Crippen molar-refractivity contribution in [1.29, 1.82) is 0 Å². The highest BCUT2D eigenvalue weighted by molar-refractivity contribution is 7.11. The number of hydrogen-bond acceptors (Lipinski definition) is 3. The second kappa shape index (κ2) is 9.33. The number of hydrogen-bond donors (Lipinski definition) is 2. The Hall–Kier alpha value is -2.01. The molecule has 2 N–H and O–H groups in total. The van der Waals surface area contributed by atoms with Gasteiger partial charge < -0.3 is 15.4 Å². The Bertz CT molecular complexity index is 649. The van der Waals surface area contributed by atoms with Crippen LogP contribution in [0.3, 0.4) is 0 Å². The second-order valence-electron chi connectivity index (χ2n) is 5.81. The van der Waals surface area contributed by atoms with Crippen LogP contribution in [-0.2, 0) is 13.0 Å². The lowest BCUT2D eigenvalue weighted by molar-refractivity contribution is 0.414. The van der Waals surface area contributed by atoms with E-state index in [4.69, 9.17) is 4.74 Å². The van der Waals surface area contributed by atoms with Crippen LogP contribution in [0.5, 0.6) is 5.75 Å². The lowest BCUT2D eigenvalue weighted by Crippen LogP contribution is -2.43. The third-order valence-electron chi connectivity index (χ3n) is 3.61. The predicted molar refractivity (Wildman–Crippen MR) is 103 cm³/mol. The van der Waals surface area contributed by atoms with E-state index in [2.05, 4.69) is 48.5 Å². The minimum absolute atomic E-state index is 0.330. The van der Waals surface area contributed by atoms with Gasteiger partial charge in [0.1, 0.15) is 5.75 Å². The van der Waals surface area contributed by atoms with Crippen molar-refractivity contribution in [2.45, 2.75) is 39.8 Å². The van der Waals surface area contributed by atoms with E-state index in [1.54, 1.807) is 7.11 Å². The molecule has 1 atom stereocenters. The van der Waals surface area contributed by atoms with Gasteiger partial charge in [-0.05, 0) is 50.6 Å². The predicted octanol–water partition coefficient (Wildman–Crippen LogP) is 3.75. The van der Waals surface area contributed by atoms with Gasteiger partial charge in [-0.3, -0.25) is 0 Å². The van der Waals surface area contributed by atoms with Gasteiger partial charge in [0.2, 0.25) is 0 Å². The van der Waals surface area contributed by atoms with Crippen molar-refractivity contribution in [3.8, 4) is 5.75 Å². The average Bonchev–Trinajstić information content (AvgIpc) is 2.98. The molecule has 1 aromatic carbocycles. The molecule has 2 rings (SSSR count). The summed E-state index contributed by atoms with van der Waals surface area (Å²) < 4.78 is 5.18. The van der Waals surface area contributed by atoms with Crippen LogP contribution in [0, 0.1) is 6.92 Å². The fraction of sp³-hybridized carbons (Fsp3) is 0.421. The number of nitrogens with one attached hydrogen (secondary N) is 2. The van der Waals surface area contributed by atoms with Crippen LogP contribution >= 0.6 is 11.3 Å². The van der Waals surface area contributed by atoms with E-state index in [1.807, 2.05) is 35.6 Å². The van der Waals surface area contributed by atoms with Gasteiger partial charge in [-0.2, -0.15) is 0 Å². The molecule has 0 radical (unpaired) electrons. The van der Waals surface area contributed by atoms with Crippen LogP contribution in [0.4, 0.5) is 0 Å². The van der Waals surface area contributed by atoms with Gasteiger partial charge in [0.15, 0.2) is 5.96 Å². The standard InChI is InChI=1S/C19H27N3OS/c1-5-20-19(21-13-16-7-9-17(23-4)10-8-16)22-14(2)12-18-11-6-15(3)24-18/h6-11,14H,5,12-13H2,1-4H3,(H2,20,21,22). The molecule has 1 heterocycles. The van der Waals surface area contributed by atoms with E-state index in [0.29, 0.717) is 12.6 Å². The first-order chi connectivity index (χ1) is 11.6. The largest absolute Gasteiger partial charge is 0.497 e. The molecule has 1 aromatic heterocycles. The summed E-state index contributed by atoms with van der Waals surface area (Å²) in [5.41, 5.74) is 1.16. The van der Waals surface area contributed by atoms with E-state index in [0.717, 1.165) is 30.2 Å². The molecule has 4 nitrogen and oxygen atoms in total. The van der Waals surface area contributed by atoms with Crippen LogP contribution in [0.2, 0.25) is 0 Å². The van der Waals surface area contributed by atoms with Gasteiger partial charge in [-0.25, -0.2) is 4.99 Å². The molecule has 0 spiro atoms. The zero-order valence-electron chi connectivity index (χ0n) is 14.9. The van der Waals surface area contributed by atoms with Crippen LogP contribution in [0.1, 0.15) is 29.2 Å². The molecular formula is C19H27N3OS. The minimum atomic E-state index is 0.330. The van der Waals surface area contributed by atoms with Crippen molar-refractivity contribution in [3.63, 3.8) is 0 Å². The summed E-state index contributed by atoms with van der Waals surface area (Å²) in [5.74, 6) is 1.72. The van der Waals surface area contributed by atoms with Gasteiger partial charge in [0, 0.05) is 28.8 Å². The highest BCUT2D eigenvalue weighted by atomic mass is 32.1. The molecule has 0 saturated carbocycles. The number of aliphatic imine (C=N–C) groups is 1. The molecule has 0 fully saturated rings. The van der Waals surface area contributed by atoms with E-state index >= 15 is 0 Å². The molecule has 24 heavy (non-hydrogen) atoms. The molecule has 1 unspecified atom stereocenters. The number of methoxy groups -OCH3 is 1. The molecule has 0 aliphatic heterocycles. The monoisotopic (exact) mass is 345 g/mol. The lowest BCUT2D eigenvalue weighted by Gasteiger charge is -2.17. The maximum Gasteiger partial charge on any atom is 0.191 e. The van der Waals surface area contributed by atoms with Gasteiger partial charge >= 0.3 is 0 Å². The fourth-order valence-corrected chi connectivity index (χ4v) is 3.42. The molecule has 5 heteroatoms. The number of benzene rings is 1. The van der Waals surface area contributed by atoms with Gasteiger partial charge in [-0.15, -0.1) is 11.3 Å². The topological polar surface area (TPSA) is 45.7 Å². The molecule has 0 saturated heterocycles. The molecule has 0 bridgehead atoms. The summed E-state index contributed by atoms with van der Waals surface area (Å²) in [5, 5.41) is 6.80. The Morgan fingerprint density at radius 3 is 2.54 bits per heavy atom. The van der Waals surface area contributed by atoms with Crippen molar-refractivity contribution in [2.75, 3.05) is 13.7 Å². The minimum Gasteiger partial charge on any atom is -0.497 e. The number of aryl methyl sites for hydroxylation is 1. The zero-order valence-corrected chi connectivity index (χ0v) is 15.7. The second-order valence-corrected chi connectivity index (χ2v) is 7.18. The number of guanidine groups is 1. The molecule has 2 aromatic rings. The summed E-state index contributed by atoms with van der Waals surface area (Å²) in [6.45, 7) is 7.91. The van der Waals surface area contributed by atoms with Gasteiger partial charge in [0.25, 0.3) is 0 Å². The molecule has 130 valence electrons. The van der Waals surface area contributed by atoms with Crippen LogP contribution in [0.25, 0.3) is 0 Å². The van der Waals surface area contributed by atoms with Crippen molar-refractivity contribution < 1.29 is 4.74 Å². The van der Waals surface area contributed by atoms with Crippen molar-refractivity contribution in [2.24, 2.45) is 4.99 Å². The summed E-state index contributed by atoms with van der Waals surface area (Å²) in [4.78, 5) is 7.44. The average molecular weight is 346 g/mol. The molecule has 0 amide bonds. The third-order valence-corrected chi connectivity index (χ3v) is 4.63. The first kappa shape index (κ1) is 18.3. The van der Waals surface area contributed by atoms with E-state index in [9.17, 15) is 0 Å². The SMILES string of the molecule is CCNC(=NCc1ccc(OC)cc1)NC(C)Cc1ccc(C)s1. The van der Waals surface area contributed by atoms with E-state index in [1.165, 1.54) is 9.75 Å². The summed E-state index contributed by atoms with van der Waals surface area (Å²) in [7, 11) is 1.68. The van der Waals surface area contributed by atoms with E-state index < -0.39 is 0 Å². The Morgan fingerprint density at radius 1 is 1.21 bits per heavy atom. The summed E-state index contributed by atoms with van der Waals surface area (Å²) in [6.07, 6.45) is 1.01. The third kappa shape index (κ3) is 5.89. The number of ether oxygens (including phenoxy) is 1. The number of rotatable bonds is 7. The zero-order chi connectivity index (χ0) is 17.4. The number of thiophene rings is 1. The maximum absolute atomic E-state index is 5.18. The van der Waals surface area contributed by atoms with Gasteiger partial charge in [0.05, 0.1) is 13.7 Å². The Balaban J connectivity index is 1.93. The first-order valence-electron chi connectivity index (χ1n) is 8.33. The Labute approximate surface area is 149 Å². The van der Waals surface area contributed by atoms with E-state index in [-0.39, 0.29) is 0 Å². The summed E-state index contributed by atoms with van der Waals surface area (Å²) in [6, 6.07) is 12.7. The number of nitrogens with zero attached hydrogens (tertiary/aromatic N) is 1. The highest BCUT2D eigenvalue weighted by Crippen LogP contribution is 2.16. The molecular weight excluding hydrogens is 318 g/mol. The molecule has 0 aliphatic rings. The Morgan fingerprint density at radius 2 is 1.96 bits per heavy atom. The quantitative estimate of drug-likeness (QED) is 0.593. The smallest absolute Gasteiger partial charge is 0.191 e. The Kier molecular flexibility index (Phi) is 7.12.